The van der Waals surface area contributed by atoms with Crippen LogP contribution in [0.4, 0.5) is 17.3 Å². The molecule has 26 heavy (non-hydrogen) atoms. The standard InChI is InChI=1S/C20H26N6/c1-21-13-16-14-22-20(23-15-16)25-9-7-17(8-10-25)26-12-11-24(2)18-5-3-4-6-19(18)26/h3-6,11-12,14-15,17,21H,7-10,13H2,1-2H3. The average Bonchev–Trinajstić information content (AvgIpc) is 2.70. The molecule has 1 fully saturated rings. The van der Waals surface area contributed by atoms with Gasteiger partial charge < -0.3 is 20.0 Å². The lowest BCUT2D eigenvalue weighted by Gasteiger charge is -2.41. The zero-order valence-electron chi connectivity index (χ0n) is 15.5. The van der Waals surface area contributed by atoms with Crippen LogP contribution in [0.3, 0.4) is 0 Å². The van der Waals surface area contributed by atoms with Gasteiger partial charge in [0.25, 0.3) is 0 Å². The molecule has 0 spiro atoms. The summed E-state index contributed by atoms with van der Waals surface area (Å²) in [5.41, 5.74) is 3.68. The van der Waals surface area contributed by atoms with Gasteiger partial charge in [0.05, 0.1) is 11.4 Å². The van der Waals surface area contributed by atoms with Gasteiger partial charge in [-0.2, -0.15) is 0 Å². The third-order valence-electron chi connectivity index (χ3n) is 5.20. The molecular formula is C20H26N6. The van der Waals surface area contributed by atoms with E-state index in [4.69, 9.17) is 0 Å². The average molecular weight is 350 g/mol. The number of fused-ring (bicyclic) bond motifs is 1. The second kappa shape index (κ2) is 7.33. The highest BCUT2D eigenvalue weighted by Crippen LogP contribution is 2.35. The van der Waals surface area contributed by atoms with Gasteiger partial charge in [0.15, 0.2) is 0 Å². The smallest absolute Gasteiger partial charge is 0.225 e. The molecule has 0 atom stereocenters. The van der Waals surface area contributed by atoms with Crippen LogP contribution in [0.5, 0.6) is 0 Å². The van der Waals surface area contributed by atoms with Crippen LogP contribution in [0.2, 0.25) is 0 Å². The van der Waals surface area contributed by atoms with Gasteiger partial charge in [0.2, 0.25) is 5.95 Å². The summed E-state index contributed by atoms with van der Waals surface area (Å²) in [5, 5.41) is 3.13. The summed E-state index contributed by atoms with van der Waals surface area (Å²) in [6.45, 7) is 2.77. The van der Waals surface area contributed by atoms with Gasteiger partial charge in [0.1, 0.15) is 0 Å². The SMILES string of the molecule is CNCc1cnc(N2CCC(N3C=CN(C)c4ccccc43)CC2)nc1. The van der Waals surface area contributed by atoms with Crippen LogP contribution >= 0.6 is 0 Å². The molecule has 1 N–H and O–H groups in total. The lowest BCUT2D eigenvalue weighted by molar-refractivity contribution is 0.484. The Kier molecular flexibility index (Phi) is 4.75. The van der Waals surface area contributed by atoms with Gasteiger partial charge in [0, 0.05) is 63.1 Å². The summed E-state index contributed by atoms with van der Waals surface area (Å²) in [6.07, 6.45) is 10.4. The highest BCUT2D eigenvalue weighted by atomic mass is 15.3. The molecule has 136 valence electrons. The fourth-order valence-corrected chi connectivity index (χ4v) is 3.78. The first-order chi connectivity index (χ1) is 12.8. The van der Waals surface area contributed by atoms with E-state index in [-0.39, 0.29) is 0 Å². The number of anilines is 3. The van der Waals surface area contributed by atoms with Crippen molar-refractivity contribution in [3.8, 4) is 0 Å². The molecule has 0 saturated carbocycles. The van der Waals surface area contributed by atoms with Gasteiger partial charge >= 0.3 is 0 Å². The van der Waals surface area contributed by atoms with Crippen molar-refractivity contribution in [2.24, 2.45) is 0 Å². The van der Waals surface area contributed by atoms with Crippen molar-refractivity contribution in [2.45, 2.75) is 25.4 Å². The fourth-order valence-electron chi connectivity index (χ4n) is 3.78. The van der Waals surface area contributed by atoms with Crippen molar-refractivity contribution < 1.29 is 0 Å². The molecule has 2 aromatic rings. The Morgan fingerprint density at radius 1 is 1.04 bits per heavy atom. The Bertz CT molecular complexity index is 764. The van der Waals surface area contributed by atoms with Gasteiger partial charge in [-0.05, 0) is 32.0 Å². The van der Waals surface area contributed by atoms with E-state index < -0.39 is 0 Å². The van der Waals surface area contributed by atoms with Crippen molar-refractivity contribution >= 4 is 17.3 Å². The third-order valence-corrected chi connectivity index (χ3v) is 5.20. The maximum atomic E-state index is 4.54. The summed E-state index contributed by atoms with van der Waals surface area (Å²) in [6, 6.07) is 9.13. The normalized spacial score (nSPS) is 17.5. The van der Waals surface area contributed by atoms with Crippen molar-refractivity contribution in [3.05, 3.63) is 54.6 Å². The van der Waals surface area contributed by atoms with Crippen LogP contribution in [0, 0.1) is 0 Å². The minimum Gasteiger partial charge on any atom is -0.348 e. The number of piperidine rings is 1. The monoisotopic (exact) mass is 350 g/mol. The molecule has 0 unspecified atom stereocenters. The number of nitrogens with one attached hydrogen (secondary N) is 1. The molecule has 1 saturated heterocycles. The highest BCUT2D eigenvalue weighted by Gasteiger charge is 2.28. The van der Waals surface area contributed by atoms with Crippen LogP contribution in [0.25, 0.3) is 0 Å². The topological polar surface area (TPSA) is 47.5 Å². The largest absolute Gasteiger partial charge is 0.348 e. The van der Waals surface area contributed by atoms with Crippen molar-refractivity contribution in [1.29, 1.82) is 0 Å². The molecule has 0 radical (unpaired) electrons. The molecule has 6 heteroatoms. The van der Waals surface area contributed by atoms with Crippen molar-refractivity contribution in [2.75, 3.05) is 41.9 Å². The zero-order valence-corrected chi connectivity index (χ0v) is 15.5. The van der Waals surface area contributed by atoms with E-state index >= 15 is 0 Å². The first-order valence-electron chi connectivity index (χ1n) is 9.25. The molecule has 2 aliphatic rings. The Morgan fingerprint density at radius 2 is 1.73 bits per heavy atom. The third kappa shape index (κ3) is 3.24. The minimum atomic E-state index is 0.515. The molecule has 0 bridgehead atoms. The summed E-state index contributed by atoms with van der Waals surface area (Å²) in [5.74, 6) is 0.845. The summed E-state index contributed by atoms with van der Waals surface area (Å²) >= 11 is 0. The number of aromatic nitrogens is 2. The number of hydrogen-bond acceptors (Lipinski definition) is 6. The molecule has 4 rings (SSSR count). The predicted molar refractivity (Wildman–Crippen MR) is 106 cm³/mol. The lowest BCUT2D eigenvalue weighted by Crippen LogP contribution is -2.44. The Morgan fingerprint density at radius 3 is 2.42 bits per heavy atom. The summed E-state index contributed by atoms with van der Waals surface area (Å²) < 4.78 is 0. The second-order valence-electron chi connectivity index (χ2n) is 6.94. The maximum absolute atomic E-state index is 4.54. The number of hydrogen-bond donors (Lipinski definition) is 1. The number of rotatable bonds is 4. The lowest BCUT2D eigenvalue weighted by atomic mass is 10.0. The Hall–Kier alpha value is -2.60. The summed E-state index contributed by atoms with van der Waals surface area (Å²) in [4.78, 5) is 16.0. The maximum Gasteiger partial charge on any atom is 0.225 e. The van der Waals surface area contributed by atoms with Crippen LogP contribution < -0.4 is 20.0 Å². The molecule has 6 nitrogen and oxygen atoms in total. The Balaban J connectivity index is 1.43. The quantitative estimate of drug-likeness (QED) is 0.915. The molecule has 1 aromatic carbocycles. The van der Waals surface area contributed by atoms with E-state index in [1.54, 1.807) is 0 Å². The molecule has 1 aromatic heterocycles. The van der Waals surface area contributed by atoms with Gasteiger partial charge in [-0.15, -0.1) is 0 Å². The molecule has 3 heterocycles. The van der Waals surface area contributed by atoms with Gasteiger partial charge in [-0.25, -0.2) is 9.97 Å². The number of para-hydroxylation sites is 2. The van der Waals surface area contributed by atoms with Gasteiger partial charge in [-0.1, -0.05) is 12.1 Å². The molecule has 2 aliphatic heterocycles. The van der Waals surface area contributed by atoms with E-state index in [2.05, 4.69) is 73.7 Å². The first-order valence-corrected chi connectivity index (χ1v) is 9.25. The highest BCUT2D eigenvalue weighted by molar-refractivity contribution is 5.76. The van der Waals surface area contributed by atoms with Crippen molar-refractivity contribution in [3.63, 3.8) is 0 Å². The van der Waals surface area contributed by atoms with E-state index in [0.29, 0.717) is 6.04 Å². The zero-order chi connectivity index (χ0) is 17.9. The molecular weight excluding hydrogens is 324 g/mol. The number of benzene rings is 1. The summed E-state index contributed by atoms with van der Waals surface area (Å²) in [7, 11) is 4.04. The van der Waals surface area contributed by atoms with E-state index in [9.17, 15) is 0 Å². The van der Waals surface area contributed by atoms with Crippen molar-refractivity contribution in [1.82, 2.24) is 15.3 Å². The van der Waals surface area contributed by atoms with Gasteiger partial charge in [-0.3, -0.25) is 0 Å². The molecule has 0 amide bonds. The van der Waals surface area contributed by atoms with Crippen LogP contribution in [-0.2, 0) is 6.54 Å². The van der Waals surface area contributed by atoms with E-state index in [1.807, 2.05) is 19.4 Å². The first kappa shape index (κ1) is 16.8. The second-order valence-corrected chi connectivity index (χ2v) is 6.94. The van der Waals surface area contributed by atoms with Crippen LogP contribution in [-0.4, -0.2) is 43.2 Å². The molecule has 0 aliphatic carbocycles. The van der Waals surface area contributed by atoms with Crippen LogP contribution in [0.15, 0.2) is 49.1 Å². The minimum absolute atomic E-state index is 0.515. The predicted octanol–water partition coefficient (Wildman–Crippen LogP) is 2.59. The van der Waals surface area contributed by atoms with E-state index in [1.165, 1.54) is 11.4 Å². The Labute approximate surface area is 155 Å². The fraction of sp³-hybridized carbons (Fsp3) is 0.400. The van der Waals surface area contributed by atoms with E-state index in [0.717, 1.165) is 44.0 Å². The van der Waals surface area contributed by atoms with Crippen LogP contribution in [0.1, 0.15) is 18.4 Å². The number of nitrogens with zero attached hydrogens (tertiary/aromatic N) is 5.